The number of halogens is 2. The van der Waals surface area contributed by atoms with Crippen LogP contribution >= 0.6 is 24.0 Å². The average Bonchev–Trinajstić information content (AvgIpc) is 3.12. The number of nitrogens with one attached hydrogen (secondary N) is 3. The number of anilines is 1. The van der Waals surface area contributed by atoms with Gasteiger partial charge >= 0.3 is 6.03 Å². The lowest BCUT2D eigenvalue weighted by Gasteiger charge is -2.19. The van der Waals surface area contributed by atoms with E-state index in [-0.39, 0.29) is 24.5 Å². The fraction of sp³-hybridized carbons (Fsp3) is 0.0909. The van der Waals surface area contributed by atoms with Gasteiger partial charge in [0.25, 0.3) is 0 Å². The summed E-state index contributed by atoms with van der Waals surface area (Å²) >= 11 is 5.90. The van der Waals surface area contributed by atoms with E-state index in [2.05, 4.69) is 20.6 Å². The predicted octanol–water partition coefficient (Wildman–Crippen LogP) is 5.74. The van der Waals surface area contributed by atoms with Gasteiger partial charge in [-0.3, -0.25) is 0 Å². The first-order chi connectivity index (χ1) is 13.7. The van der Waals surface area contributed by atoms with Crippen LogP contribution in [0.4, 0.5) is 10.5 Å². The normalized spacial score (nSPS) is 11.5. The van der Waals surface area contributed by atoms with E-state index < -0.39 is 0 Å². The molecule has 0 bridgehead atoms. The Labute approximate surface area is 179 Å². The van der Waals surface area contributed by atoms with Gasteiger partial charge in [-0.1, -0.05) is 54.1 Å². The number of carbonyl (C=O) groups excluding carboxylic acids is 1. The molecule has 3 N–H and O–H groups in total. The lowest BCUT2D eigenvalue weighted by atomic mass is 10.0. The number of fused-ring (bicyclic) bond motifs is 1. The van der Waals surface area contributed by atoms with Gasteiger partial charge in [0.1, 0.15) is 5.82 Å². The number of imidazole rings is 1. The number of nitrogens with zero attached hydrogens (tertiary/aromatic N) is 1. The summed E-state index contributed by atoms with van der Waals surface area (Å²) in [6.45, 7) is 0. The van der Waals surface area contributed by atoms with Crippen molar-refractivity contribution in [1.29, 1.82) is 0 Å². The Hall–Kier alpha value is -3.02. The number of hydrogen-bond acceptors (Lipinski definition) is 2. The fourth-order valence-electron chi connectivity index (χ4n) is 3.09. The molecule has 0 saturated carbocycles. The summed E-state index contributed by atoms with van der Waals surface area (Å²) in [5.74, 6) is 0.821. The van der Waals surface area contributed by atoms with Crippen molar-refractivity contribution >= 4 is 46.8 Å². The zero-order valence-corrected chi connectivity index (χ0v) is 17.0. The highest BCUT2D eigenvalue weighted by molar-refractivity contribution is 6.30. The molecule has 4 rings (SSSR count). The van der Waals surface area contributed by atoms with Crippen molar-refractivity contribution in [2.45, 2.75) is 12.5 Å². The largest absolute Gasteiger partial charge is 0.342 e. The van der Waals surface area contributed by atoms with Gasteiger partial charge in [0.05, 0.1) is 17.1 Å². The van der Waals surface area contributed by atoms with E-state index in [1.54, 1.807) is 24.3 Å². The second-order valence-electron chi connectivity index (χ2n) is 6.47. The molecule has 1 aromatic heterocycles. The first-order valence-electron chi connectivity index (χ1n) is 8.99. The van der Waals surface area contributed by atoms with Crippen molar-refractivity contribution in [3.05, 3.63) is 95.3 Å². The molecular formula is C22H20Cl2N4O. The van der Waals surface area contributed by atoms with Gasteiger partial charge in [-0.15, -0.1) is 12.4 Å². The van der Waals surface area contributed by atoms with Gasteiger partial charge in [-0.2, -0.15) is 0 Å². The highest BCUT2D eigenvalue weighted by Gasteiger charge is 2.17. The molecular weight excluding hydrogens is 407 g/mol. The Morgan fingerprint density at radius 3 is 2.38 bits per heavy atom. The maximum Gasteiger partial charge on any atom is 0.319 e. The number of hydrogen-bond donors (Lipinski definition) is 3. The maximum atomic E-state index is 12.6. The van der Waals surface area contributed by atoms with Crippen LogP contribution in [0.2, 0.25) is 5.02 Å². The van der Waals surface area contributed by atoms with Gasteiger partial charge in [-0.05, 0) is 42.0 Å². The van der Waals surface area contributed by atoms with Crippen molar-refractivity contribution in [3.63, 3.8) is 0 Å². The molecule has 0 radical (unpaired) electrons. The maximum absolute atomic E-state index is 12.6. The summed E-state index contributed by atoms with van der Waals surface area (Å²) < 4.78 is 0. The first-order valence-corrected chi connectivity index (χ1v) is 9.37. The molecule has 7 heteroatoms. The van der Waals surface area contributed by atoms with Crippen LogP contribution in [-0.2, 0) is 6.42 Å². The van der Waals surface area contributed by atoms with Crippen LogP contribution in [0, 0.1) is 0 Å². The number of para-hydroxylation sites is 2. The van der Waals surface area contributed by atoms with Gasteiger partial charge < -0.3 is 15.6 Å². The minimum absolute atomic E-state index is 0. The van der Waals surface area contributed by atoms with Crippen LogP contribution in [-0.4, -0.2) is 16.0 Å². The molecule has 0 spiro atoms. The van der Waals surface area contributed by atoms with E-state index in [9.17, 15) is 4.79 Å². The zero-order valence-electron chi connectivity index (χ0n) is 15.4. The number of aromatic amines is 1. The molecule has 5 nitrogen and oxygen atoms in total. The van der Waals surface area contributed by atoms with Crippen molar-refractivity contribution in [1.82, 2.24) is 15.3 Å². The molecule has 1 unspecified atom stereocenters. The average molecular weight is 427 g/mol. The molecule has 148 valence electrons. The molecule has 0 aliphatic rings. The van der Waals surface area contributed by atoms with E-state index in [0.29, 0.717) is 17.1 Å². The molecule has 2 amide bonds. The number of aromatic nitrogens is 2. The van der Waals surface area contributed by atoms with Gasteiger partial charge in [0, 0.05) is 17.1 Å². The third kappa shape index (κ3) is 5.28. The van der Waals surface area contributed by atoms with E-state index in [4.69, 9.17) is 11.6 Å². The number of carbonyl (C=O) groups is 1. The zero-order chi connectivity index (χ0) is 19.3. The number of benzene rings is 3. The number of H-pyrrole nitrogens is 1. The molecule has 0 fully saturated rings. The van der Waals surface area contributed by atoms with E-state index in [1.807, 2.05) is 54.6 Å². The molecule has 0 saturated heterocycles. The first kappa shape index (κ1) is 20.7. The third-order valence-electron chi connectivity index (χ3n) is 4.45. The minimum atomic E-state index is -0.285. The smallest absolute Gasteiger partial charge is 0.319 e. The Morgan fingerprint density at radius 1 is 0.966 bits per heavy atom. The third-order valence-corrected chi connectivity index (χ3v) is 4.70. The highest BCUT2D eigenvalue weighted by atomic mass is 35.5. The Kier molecular flexibility index (Phi) is 6.75. The molecule has 4 aromatic rings. The summed E-state index contributed by atoms with van der Waals surface area (Å²) in [5.41, 5.74) is 3.58. The van der Waals surface area contributed by atoms with Crippen LogP contribution in [0.3, 0.4) is 0 Å². The fourth-order valence-corrected chi connectivity index (χ4v) is 3.22. The molecule has 1 atom stereocenters. The number of urea groups is 1. The van der Waals surface area contributed by atoms with Crippen LogP contribution < -0.4 is 10.6 Å². The van der Waals surface area contributed by atoms with E-state index in [0.717, 1.165) is 22.4 Å². The minimum Gasteiger partial charge on any atom is -0.342 e. The van der Waals surface area contributed by atoms with Crippen LogP contribution in [0.15, 0.2) is 78.9 Å². The lowest BCUT2D eigenvalue weighted by molar-refractivity contribution is 0.248. The SMILES string of the molecule is Cl.O=C(Nc1ccc(Cl)cc1)NC(Cc1nc2ccccc2[nH]1)c1ccccc1. The number of rotatable bonds is 5. The second-order valence-corrected chi connectivity index (χ2v) is 6.91. The van der Waals surface area contributed by atoms with Crippen molar-refractivity contribution in [2.75, 3.05) is 5.32 Å². The van der Waals surface area contributed by atoms with Crippen LogP contribution in [0.1, 0.15) is 17.4 Å². The molecule has 29 heavy (non-hydrogen) atoms. The molecule has 1 heterocycles. The highest BCUT2D eigenvalue weighted by Crippen LogP contribution is 2.20. The van der Waals surface area contributed by atoms with Gasteiger partial charge in [0.15, 0.2) is 0 Å². The van der Waals surface area contributed by atoms with Crippen molar-refractivity contribution in [2.24, 2.45) is 0 Å². The summed E-state index contributed by atoms with van der Waals surface area (Å²) in [5, 5.41) is 6.51. The van der Waals surface area contributed by atoms with Gasteiger partial charge in [-0.25, -0.2) is 9.78 Å². The van der Waals surface area contributed by atoms with E-state index >= 15 is 0 Å². The molecule has 0 aliphatic carbocycles. The quantitative estimate of drug-likeness (QED) is 0.380. The van der Waals surface area contributed by atoms with Crippen molar-refractivity contribution in [3.8, 4) is 0 Å². The molecule has 0 aliphatic heterocycles. The van der Waals surface area contributed by atoms with Crippen LogP contribution in [0.25, 0.3) is 11.0 Å². The lowest BCUT2D eigenvalue weighted by Crippen LogP contribution is -2.33. The Balaban J connectivity index is 0.00000240. The second kappa shape index (κ2) is 9.45. The Morgan fingerprint density at radius 2 is 1.66 bits per heavy atom. The van der Waals surface area contributed by atoms with Crippen LogP contribution in [0.5, 0.6) is 0 Å². The summed E-state index contributed by atoms with van der Waals surface area (Å²) in [6, 6.07) is 24.2. The van der Waals surface area contributed by atoms with Gasteiger partial charge in [0.2, 0.25) is 0 Å². The Bertz CT molecular complexity index is 1050. The predicted molar refractivity (Wildman–Crippen MR) is 120 cm³/mol. The summed E-state index contributed by atoms with van der Waals surface area (Å²) in [7, 11) is 0. The standard InChI is InChI=1S/C22H19ClN4O.ClH/c23-16-10-12-17(13-11-16)24-22(28)27-20(15-6-2-1-3-7-15)14-21-25-18-8-4-5-9-19(18)26-21;/h1-13,20H,14H2,(H,25,26)(H2,24,27,28);1H. The van der Waals surface area contributed by atoms with E-state index in [1.165, 1.54) is 0 Å². The number of amides is 2. The molecule has 3 aromatic carbocycles. The monoisotopic (exact) mass is 426 g/mol. The topological polar surface area (TPSA) is 69.8 Å². The van der Waals surface area contributed by atoms with Crippen molar-refractivity contribution < 1.29 is 4.79 Å². The summed E-state index contributed by atoms with van der Waals surface area (Å²) in [4.78, 5) is 20.5. The summed E-state index contributed by atoms with van der Waals surface area (Å²) in [6.07, 6.45) is 0.548.